The molecule has 0 radical (unpaired) electrons. The van der Waals surface area contributed by atoms with Gasteiger partial charge in [0.1, 0.15) is 0 Å². The predicted molar refractivity (Wildman–Crippen MR) is 65.2 cm³/mol. The summed E-state index contributed by atoms with van der Waals surface area (Å²) in [5.41, 5.74) is 0. The molecule has 0 aromatic rings. The number of rotatable bonds is 7. The fraction of sp³-hybridized carbons (Fsp3) is 1.00. The zero-order chi connectivity index (χ0) is 10.8. The van der Waals surface area contributed by atoms with Crippen molar-refractivity contribution in [2.45, 2.75) is 64.4 Å². The summed E-state index contributed by atoms with van der Waals surface area (Å²) in [4.78, 5) is 0. The predicted octanol–water partition coefficient (Wildman–Crippen LogP) is 3.12. The van der Waals surface area contributed by atoms with Gasteiger partial charge in [0.15, 0.2) is 0 Å². The van der Waals surface area contributed by atoms with Gasteiger partial charge in [-0.3, -0.25) is 0 Å². The summed E-state index contributed by atoms with van der Waals surface area (Å²) in [5.74, 6) is 0. The number of unbranched alkanes of at least 4 members (excludes halogenated alkanes) is 1. The lowest BCUT2D eigenvalue weighted by Gasteiger charge is -2.15. The second-order valence-corrected chi connectivity index (χ2v) is 4.59. The van der Waals surface area contributed by atoms with Gasteiger partial charge in [-0.1, -0.05) is 39.0 Å². The van der Waals surface area contributed by atoms with E-state index in [1.807, 2.05) is 0 Å². The molecule has 1 N–H and O–H groups in total. The Labute approximate surface area is 94.8 Å². The first-order valence-electron chi connectivity index (χ1n) is 6.76. The molecule has 90 valence electrons. The van der Waals surface area contributed by atoms with Crippen LogP contribution < -0.4 is 5.32 Å². The van der Waals surface area contributed by atoms with Crippen molar-refractivity contribution in [2.75, 3.05) is 19.7 Å². The molecular formula is C13H27NO. The third-order valence-corrected chi connectivity index (χ3v) is 3.14. The van der Waals surface area contributed by atoms with Crippen molar-refractivity contribution in [1.82, 2.24) is 5.32 Å². The van der Waals surface area contributed by atoms with Crippen molar-refractivity contribution in [2.24, 2.45) is 0 Å². The average Bonchev–Trinajstić information content (AvgIpc) is 2.52. The lowest BCUT2D eigenvalue weighted by Crippen LogP contribution is -2.23. The zero-order valence-electron chi connectivity index (χ0n) is 10.3. The minimum Gasteiger partial charge on any atom is -0.377 e. The van der Waals surface area contributed by atoms with Crippen LogP contribution in [0.25, 0.3) is 0 Å². The van der Waals surface area contributed by atoms with Gasteiger partial charge in [0, 0.05) is 6.54 Å². The Kier molecular flexibility index (Phi) is 7.94. The Bertz CT molecular complexity index is 130. The molecule has 0 bridgehead atoms. The molecule has 1 aliphatic carbocycles. The first kappa shape index (κ1) is 13.0. The van der Waals surface area contributed by atoms with Crippen LogP contribution >= 0.6 is 0 Å². The quantitative estimate of drug-likeness (QED) is 0.518. The smallest absolute Gasteiger partial charge is 0.0594 e. The van der Waals surface area contributed by atoms with Crippen molar-refractivity contribution in [3.05, 3.63) is 0 Å². The highest BCUT2D eigenvalue weighted by Crippen LogP contribution is 2.19. The molecule has 0 aromatic heterocycles. The van der Waals surface area contributed by atoms with Crippen LogP contribution in [0.1, 0.15) is 58.3 Å². The summed E-state index contributed by atoms with van der Waals surface area (Å²) in [7, 11) is 0. The van der Waals surface area contributed by atoms with Gasteiger partial charge < -0.3 is 10.1 Å². The molecule has 1 saturated carbocycles. The Morgan fingerprint density at radius 1 is 1.07 bits per heavy atom. The first-order valence-corrected chi connectivity index (χ1v) is 6.76. The lowest BCUT2D eigenvalue weighted by molar-refractivity contribution is 0.0452. The van der Waals surface area contributed by atoms with Gasteiger partial charge in [0.2, 0.25) is 0 Å². The SMILES string of the molecule is CCCCNCCOC1CCCCCC1. The van der Waals surface area contributed by atoms with E-state index in [1.54, 1.807) is 0 Å². The van der Waals surface area contributed by atoms with Crippen LogP contribution in [0.2, 0.25) is 0 Å². The molecule has 1 rings (SSSR count). The van der Waals surface area contributed by atoms with E-state index in [-0.39, 0.29) is 0 Å². The van der Waals surface area contributed by atoms with E-state index in [9.17, 15) is 0 Å². The second kappa shape index (κ2) is 9.17. The first-order chi connectivity index (χ1) is 7.43. The molecule has 0 aliphatic heterocycles. The number of ether oxygens (including phenoxy) is 1. The maximum atomic E-state index is 5.88. The van der Waals surface area contributed by atoms with Crippen LogP contribution in [0, 0.1) is 0 Å². The van der Waals surface area contributed by atoms with Gasteiger partial charge in [-0.15, -0.1) is 0 Å². The molecule has 1 fully saturated rings. The highest BCUT2D eigenvalue weighted by atomic mass is 16.5. The molecule has 2 nitrogen and oxygen atoms in total. The Hall–Kier alpha value is -0.0800. The maximum absolute atomic E-state index is 5.88. The number of hydrogen-bond donors (Lipinski definition) is 1. The van der Waals surface area contributed by atoms with Crippen LogP contribution in [-0.4, -0.2) is 25.8 Å². The molecule has 0 aromatic carbocycles. The third kappa shape index (κ3) is 6.91. The highest BCUT2D eigenvalue weighted by Gasteiger charge is 2.11. The van der Waals surface area contributed by atoms with Crippen molar-refractivity contribution >= 4 is 0 Å². The molecule has 0 saturated heterocycles. The number of nitrogens with one attached hydrogen (secondary N) is 1. The van der Waals surface area contributed by atoms with E-state index in [2.05, 4.69) is 12.2 Å². The van der Waals surface area contributed by atoms with E-state index in [4.69, 9.17) is 4.74 Å². The van der Waals surface area contributed by atoms with Crippen LogP contribution in [0.3, 0.4) is 0 Å². The zero-order valence-corrected chi connectivity index (χ0v) is 10.3. The molecule has 1 aliphatic rings. The maximum Gasteiger partial charge on any atom is 0.0594 e. The van der Waals surface area contributed by atoms with Gasteiger partial charge in [-0.05, 0) is 25.8 Å². The summed E-state index contributed by atoms with van der Waals surface area (Å²) >= 11 is 0. The van der Waals surface area contributed by atoms with E-state index in [0.29, 0.717) is 6.10 Å². The lowest BCUT2D eigenvalue weighted by atomic mass is 10.1. The second-order valence-electron chi connectivity index (χ2n) is 4.59. The Morgan fingerprint density at radius 2 is 1.80 bits per heavy atom. The van der Waals surface area contributed by atoms with E-state index in [0.717, 1.165) is 19.7 Å². The standard InChI is InChI=1S/C13H27NO/c1-2-3-10-14-11-12-15-13-8-6-4-5-7-9-13/h13-14H,2-12H2,1H3. The van der Waals surface area contributed by atoms with Gasteiger partial charge in [-0.25, -0.2) is 0 Å². The molecular weight excluding hydrogens is 186 g/mol. The van der Waals surface area contributed by atoms with E-state index < -0.39 is 0 Å². The monoisotopic (exact) mass is 213 g/mol. The van der Waals surface area contributed by atoms with Crippen LogP contribution in [0.5, 0.6) is 0 Å². The Balaban J connectivity index is 1.89. The topological polar surface area (TPSA) is 21.3 Å². The van der Waals surface area contributed by atoms with Crippen molar-refractivity contribution in [1.29, 1.82) is 0 Å². The molecule has 0 atom stereocenters. The fourth-order valence-corrected chi connectivity index (χ4v) is 2.13. The minimum absolute atomic E-state index is 0.556. The fourth-order valence-electron chi connectivity index (χ4n) is 2.13. The van der Waals surface area contributed by atoms with Crippen molar-refractivity contribution in [3.8, 4) is 0 Å². The van der Waals surface area contributed by atoms with Crippen LogP contribution in [-0.2, 0) is 4.74 Å². The molecule has 2 heteroatoms. The van der Waals surface area contributed by atoms with Gasteiger partial charge in [0.25, 0.3) is 0 Å². The molecule has 0 spiro atoms. The minimum atomic E-state index is 0.556. The summed E-state index contributed by atoms with van der Waals surface area (Å²) in [6.45, 7) is 5.29. The average molecular weight is 213 g/mol. The van der Waals surface area contributed by atoms with E-state index in [1.165, 1.54) is 51.4 Å². The van der Waals surface area contributed by atoms with Crippen LogP contribution in [0.4, 0.5) is 0 Å². The summed E-state index contributed by atoms with van der Waals surface area (Å²) in [5, 5.41) is 3.42. The molecule has 0 unspecified atom stereocenters. The Morgan fingerprint density at radius 3 is 2.47 bits per heavy atom. The van der Waals surface area contributed by atoms with Crippen molar-refractivity contribution in [3.63, 3.8) is 0 Å². The van der Waals surface area contributed by atoms with Gasteiger partial charge >= 0.3 is 0 Å². The third-order valence-electron chi connectivity index (χ3n) is 3.14. The summed E-state index contributed by atoms with van der Waals surface area (Å²) in [6.07, 6.45) is 11.2. The highest BCUT2D eigenvalue weighted by molar-refractivity contribution is 4.64. The molecule has 15 heavy (non-hydrogen) atoms. The summed E-state index contributed by atoms with van der Waals surface area (Å²) < 4.78 is 5.88. The van der Waals surface area contributed by atoms with E-state index >= 15 is 0 Å². The van der Waals surface area contributed by atoms with Gasteiger partial charge in [-0.2, -0.15) is 0 Å². The van der Waals surface area contributed by atoms with Crippen molar-refractivity contribution < 1.29 is 4.74 Å². The normalized spacial score (nSPS) is 19.0. The summed E-state index contributed by atoms with van der Waals surface area (Å²) in [6, 6.07) is 0. The van der Waals surface area contributed by atoms with Gasteiger partial charge in [0.05, 0.1) is 12.7 Å². The number of hydrogen-bond acceptors (Lipinski definition) is 2. The molecule has 0 amide bonds. The van der Waals surface area contributed by atoms with Crippen LogP contribution in [0.15, 0.2) is 0 Å². The largest absolute Gasteiger partial charge is 0.377 e. The molecule has 0 heterocycles.